The van der Waals surface area contributed by atoms with E-state index >= 15 is 0 Å². The van der Waals surface area contributed by atoms with Gasteiger partial charge in [0, 0.05) is 18.7 Å². The lowest BCUT2D eigenvalue weighted by Gasteiger charge is -2.25. The van der Waals surface area contributed by atoms with E-state index in [0.29, 0.717) is 11.1 Å². The number of amides is 1. The normalized spacial score (nSPS) is 19.4. The molecule has 0 spiro atoms. The Morgan fingerprint density at radius 1 is 1.08 bits per heavy atom. The van der Waals surface area contributed by atoms with Gasteiger partial charge in [0.2, 0.25) is 0 Å². The van der Waals surface area contributed by atoms with Crippen LogP contribution < -0.4 is 0 Å². The summed E-state index contributed by atoms with van der Waals surface area (Å²) in [5.41, 5.74) is 2.42. The maximum atomic E-state index is 12.8. The molecule has 3 rings (SSSR count). The van der Waals surface area contributed by atoms with Crippen LogP contribution in [-0.2, 0) is 11.2 Å². The molecule has 0 bridgehead atoms. The molecule has 0 N–H and O–H groups in total. The third-order valence-corrected chi connectivity index (χ3v) is 5.24. The number of nitrogens with zero attached hydrogens (tertiary/aromatic N) is 1. The zero-order valence-corrected chi connectivity index (χ0v) is 15.4. The molecule has 2 aromatic carbocycles. The number of hydrogen-bond acceptors (Lipinski definition) is 3. The predicted octanol–water partition coefficient (Wildman–Crippen LogP) is 3.96. The van der Waals surface area contributed by atoms with Gasteiger partial charge in [0.05, 0.1) is 12.7 Å². The molecule has 4 nitrogen and oxygen atoms in total. The second-order valence-electron chi connectivity index (χ2n) is 7.35. The van der Waals surface area contributed by atoms with Crippen LogP contribution in [0.15, 0.2) is 54.6 Å². The number of rotatable bonds is 5. The van der Waals surface area contributed by atoms with Gasteiger partial charge in [0.1, 0.15) is 0 Å². The van der Waals surface area contributed by atoms with E-state index in [9.17, 15) is 9.59 Å². The molecule has 4 heteroatoms. The minimum Gasteiger partial charge on any atom is -0.465 e. The number of ether oxygens (including phenoxy) is 1. The zero-order valence-electron chi connectivity index (χ0n) is 15.4. The van der Waals surface area contributed by atoms with Gasteiger partial charge in [-0.1, -0.05) is 43.3 Å². The quantitative estimate of drug-likeness (QED) is 0.766. The summed E-state index contributed by atoms with van der Waals surface area (Å²) in [6, 6.07) is 17.2. The number of aryl methyl sites for hydroxylation is 1. The van der Waals surface area contributed by atoms with Crippen LogP contribution in [-0.4, -0.2) is 37.0 Å². The molecule has 0 radical (unpaired) electrons. The molecule has 1 aliphatic heterocycles. The van der Waals surface area contributed by atoms with Crippen molar-refractivity contribution in [2.24, 2.45) is 5.41 Å². The zero-order chi connectivity index (χ0) is 18.6. The van der Waals surface area contributed by atoms with Crippen LogP contribution in [0.2, 0.25) is 0 Å². The second kappa shape index (κ2) is 7.73. The summed E-state index contributed by atoms with van der Waals surface area (Å²) in [7, 11) is 1.34. The maximum absolute atomic E-state index is 12.8. The Kier molecular flexibility index (Phi) is 5.40. The van der Waals surface area contributed by atoms with Gasteiger partial charge < -0.3 is 9.64 Å². The first-order valence-corrected chi connectivity index (χ1v) is 9.02. The van der Waals surface area contributed by atoms with Crippen LogP contribution >= 0.6 is 0 Å². The van der Waals surface area contributed by atoms with Crippen molar-refractivity contribution in [3.8, 4) is 0 Å². The van der Waals surface area contributed by atoms with E-state index in [4.69, 9.17) is 4.74 Å². The van der Waals surface area contributed by atoms with Crippen molar-refractivity contribution in [3.63, 3.8) is 0 Å². The summed E-state index contributed by atoms with van der Waals surface area (Å²) in [5, 5.41) is 0. The lowest BCUT2D eigenvalue weighted by molar-refractivity contribution is 0.0600. The van der Waals surface area contributed by atoms with Gasteiger partial charge in [-0.3, -0.25) is 4.79 Å². The van der Waals surface area contributed by atoms with Crippen LogP contribution in [0.5, 0.6) is 0 Å². The Balaban J connectivity index is 1.64. The van der Waals surface area contributed by atoms with E-state index in [1.807, 2.05) is 11.0 Å². The smallest absolute Gasteiger partial charge is 0.337 e. The standard InChI is InChI=1S/C22H25NO3/c1-22(12-11-17-7-4-3-5-8-17)13-14-23(16-22)20(24)18-9-6-10-19(15-18)21(25)26-2/h3-10,15H,11-14,16H2,1-2H3. The third kappa shape index (κ3) is 4.13. The van der Waals surface area contributed by atoms with Crippen LogP contribution in [0, 0.1) is 5.41 Å². The van der Waals surface area contributed by atoms with Crippen molar-refractivity contribution in [1.82, 2.24) is 4.90 Å². The van der Waals surface area contributed by atoms with Crippen LogP contribution in [0.4, 0.5) is 0 Å². The van der Waals surface area contributed by atoms with Gasteiger partial charge in [0.15, 0.2) is 0 Å². The van der Waals surface area contributed by atoms with Crippen molar-refractivity contribution in [2.45, 2.75) is 26.2 Å². The summed E-state index contributed by atoms with van der Waals surface area (Å²) in [6.45, 7) is 3.77. The van der Waals surface area contributed by atoms with Gasteiger partial charge in [-0.15, -0.1) is 0 Å². The summed E-state index contributed by atoms with van der Waals surface area (Å²) < 4.78 is 4.74. The Morgan fingerprint density at radius 3 is 2.54 bits per heavy atom. The van der Waals surface area contributed by atoms with Gasteiger partial charge >= 0.3 is 5.97 Å². The minimum atomic E-state index is -0.422. The highest BCUT2D eigenvalue weighted by atomic mass is 16.5. The molecule has 1 saturated heterocycles. The van der Waals surface area contributed by atoms with Gasteiger partial charge in [-0.25, -0.2) is 4.79 Å². The fourth-order valence-electron chi connectivity index (χ4n) is 3.57. The molecule has 1 fully saturated rings. The monoisotopic (exact) mass is 351 g/mol. The Bertz CT molecular complexity index is 787. The molecular weight excluding hydrogens is 326 g/mol. The number of carbonyl (C=O) groups is 2. The van der Waals surface area contributed by atoms with Crippen LogP contribution in [0.1, 0.15) is 46.0 Å². The number of methoxy groups -OCH3 is 1. The van der Waals surface area contributed by atoms with Gasteiger partial charge in [-0.05, 0) is 48.4 Å². The summed E-state index contributed by atoms with van der Waals surface area (Å²) >= 11 is 0. The molecule has 26 heavy (non-hydrogen) atoms. The topological polar surface area (TPSA) is 46.6 Å². The molecule has 1 atom stereocenters. The Labute approximate surface area is 154 Å². The highest BCUT2D eigenvalue weighted by Gasteiger charge is 2.36. The number of carbonyl (C=O) groups excluding carboxylic acids is 2. The first kappa shape index (κ1) is 18.2. The van der Waals surface area contributed by atoms with Crippen LogP contribution in [0.25, 0.3) is 0 Å². The SMILES string of the molecule is COC(=O)c1cccc(C(=O)N2CCC(C)(CCc3ccccc3)C2)c1. The molecule has 0 saturated carbocycles. The van der Waals surface area contributed by atoms with Gasteiger partial charge in [0.25, 0.3) is 5.91 Å². The first-order chi connectivity index (χ1) is 12.5. The Morgan fingerprint density at radius 2 is 1.81 bits per heavy atom. The highest BCUT2D eigenvalue weighted by molar-refractivity contribution is 5.98. The van der Waals surface area contributed by atoms with Crippen molar-refractivity contribution in [2.75, 3.05) is 20.2 Å². The molecule has 136 valence electrons. The summed E-state index contributed by atoms with van der Waals surface area (Å²) in [4.78, 5) is 26.4. The van der Waals surface area contributed by atoms with E-state index in [1.54, 1.807) is 24.3 Å². The predicted molar refractivity (Wildman–Crippen MR) is 101 cm³/mol. The molecule has 2 aromatic rings. The molecule has 1 unspecified atom stereocenters. The minimum absolute atomic E-state index is 0.0146. The third-order valence-electron chi connectivity index (χ3n) is 5.24. The molecule has 1 heterocycles. The first-order valence-electron chi connectivity index (χ1n) is 9.02. The van der Waals surface area contributed by atoms with Crippen molar-refractivity contribution in [3.05, 3.63) is 71.3 Å². The van der Waals surface area contributed by atoms with E-state index in [0.717, 1.165) is 32.4 Å². The number of esters is 1. The van der Waals surface area contributed by atoms with Gasteiger partial charge in [-0.2, -0.15) is 0 Å². The second-order valence-corrected chi connectivity index (χ2v) is 7.35. The van der Waals surface area contributed by atoms with E-state index in [2.05, 4.69) is 31.2 Å². The summed E-state index contributed by atoms with van der Waals surface area (Å²) in [5.74, 6) is -0.437. The number of likely N-dealkylation sites (tertiary alicyclic amines) is 1. The van der Waals surface area contributed by atoms with Crippen molar-refractivity contribution in [1.29, 1.82) is 0 Å². The lowest BCUT2D eigenvalue weighted by Crippen LogP contribution is -2.31. The fourth-order valence-corrected chi connectivity index (χ4v) is 3.57. The van der Waals surface area contributed by atoms with E-state index in [-0.39, 0.29) is 11.3 Å². The average Bonchev–Trinajstić information content (AvgIpc) is 3.08. The maximum Gasteiger partial charge on any atom is 0.337 e. The van der Waals surface area contributed by atoms with E-state index in [1.165, 1.54) is 12.7 Å². The number of hydrogen-bond donors (Lipinski definition) is 0. The molecular formula is C22H25NO3. The van der Waals surface area contributed by atoms with Crippen molar-refractivity contribution >= 4 is 11.9 Å². The molecule has 1 aliphatic rings. The molecule has 1 amide bonds. The average molecular weight is 351 g/mol. The molecule has 0 aliphatic carbocycles. The van der Waals surface area contributed by atoms with Crippen LogP contribution in [0.3, 0.4) is 0 Å². The number of benzene rings is 2. The largest absolute Gasteiger partial charge is 0.465 e. The molecule has 0 aromatic heterocycles. The summed E-state index contributed by atoms with van der Waals surface area (Å²) in [6.07, 6.45) is 3.09. The highest BCUT2D eigenvalue weighted by Crippen LogP contribution is 2.35. The van der Waals surface area contributed by atoms with E-state index < -0.39 is 5.97 Å². The fraction of sp³-hybridized carbons (Fsp3) is 0.364. The Hall–Kier alpha value is -2.62. The van der Waals surface area contributed by atoms with Crippen molar-refractivity contribution < 1.29 is 14.3 Å². The lowest BCUT2D eigenvalue weighted by atomic mass is 9.83.